The van der Waals surface area contributed by atoms with E-state index in [1.54, 1.807) is 12.1 Å². The molecule has 0 fully saturated rings. The number of nitrogens with one attached hydrogen (secondary N) is 1. The first-order valence-corrected chi connectivity index (χ1v) is 10.2. The van der Waals surface area contributed by atoms with Crippen LogP contribution in [-0.4, -0.2) is 22.1 Å². The molecule has 0 saturated carbocycles. The van der Waals surface area contributed by atoms with Crippen molar-refractivity contribution >= 4 is 44.7 Å². The molecule has 1 amide bonds. The van der Waals surface area contributed by atoms with Crippen LogP contribution in [0.4, 0.5) is 14.5 Å². The minimum Gasteiger partial charge on any atom is -0.435 e. The fraction of sp³-hybridized carbons (Fsp3) is 0.0952. The van der Waals surface area contributed by atoms with Crippen LogP contribution < -0.4 is 15.6 Å². The molecule has 2 heterocycles. The zero-order valence-corrected chi connectivity index (χ0v) is 17.3. The molecule has 2 aromatic heterocycles. The lowest BCUT2D eigenvalue weighted by atomic mass is 10.2. The van der Waals surface area contributed by atoms with E-state index in [0.717, 1.165) is 10.4 Å². The summed E-state index contributed by atoms with van der Waals surface area (Å²) in [5.41, 5.74) is 1.52. The van der Waals surface area contributed by atoms with Gasteiger partial charge in [0.05, 0.1) is 11.8 Å². The number of fused-ring (bicyclic) bond motifs is 1. The first kappa shape index (κ1) is 21.0. The summed E-state index contributed by atoms with van der Waals surface area (Å²) < 4.78 is 30.3. The van der Waals surface area contributed by atoms with Crippen molar-refractivity contribution in [3.8, 4) is 16.2 Å². The Morgan fingerprint density at radius 2 is 1.87 bits per heavy atom. The van der Waals surface area contributed by atoms with Crippen molar-refractivity contribution in [2.45, 2.75) is 13.2 Å². The molecule has 0 bridgehead atoms. The SMILES string of the molecule is O=C(Cn1cnc2cc(-c3ccc(Cl)cc3)sc2c1=O)Nc1ccc(OC(F)F)cc1. The number of hydrogen-bond donors (Lipinski definition) is 1. The van der Waals surface area contributed by atoms with Crippen LogP contribution in [0.5, 0.6) is 5.75 Å². The molecule has 158 valence electrons. The number of aromatic nitrogens is 2. The highest BCUT2D eigenvalue weighted by Gasteiger charge is 2.13. The monoisotopic (exact) mass is 461 g/mol. The van der Waals surface area contributed by atoms with Gasteiger partial charge < -0.3 is 10.1 Å². The van der Waals surface area contributed by atoms with Crippen molar-refractivity contribution in [2.75, 3.05) is 5.32 Å². The highest BCUT2D eigenvalue weighted by Crippen LogP contribution is 2.31. The quantitative estimate of drug-likeness (QED) is 0.437. The molecule has 0 aliphatic carbocycles. The van der Waals surface area contributed by atoms with E-state index >= 15 is 0 Å². The lowest BCUT2D eigenvalue weighted by molar-refractivity contribution is -0.116. The molecule has 1 N–H and O–H groups in total. The lowest BCUT2D eigenvalue weighted by Gasteiger charge is -2.08. The summed E-state index contributed by atoms with van der Waals surface area (Å²) in [6.45, 7) is -3.17. The normalized spacial score (nSPS) is 11.1. The molecule has 2 aromatic carbocycles. The van der Waals surface area contributed by atoms with Crippen molar-refractivity contribution in [1.82, 2.24) is 9.55 Å². The smallest absolute Gasteiger partial charge is 0.387 e. The molecule has 0 atom stereocenters. The standard InChI is InChI=1S/C21H14ClF2N3O3S/c22-13-3-1-12(2-4-13)17-9-16-19(31-17)20(29)27(11-25-16)10-18(28)26-14-5-7-15(8-6-14)30-21(23)24/h1-9,11,21H,10H2,(H,26,28). The predicted molar refractivity (Wildman–Crippen MR) is 116 cm³/mol. The number of thiophene rings is 1. The van der Waals surface area contributed by atoms with E-state index in [2.05, 4.69) is 15.0 Å². The number of alkyl halides is 2. The van der Waals surface area contributed by atoms with E-state index in [1.165, 1.54) is 46.5 Å². The lowest BCUT2D eigenvalue weighted by Crippen LogP contribution is -2.27. The predicted octanol–water partition coefficient (Wildman–Crippen LogP) is 5.02. The molecule has 6 nitrogen and oxygen atoms in total. The van der Waals surface area contributed by atoms with Gasteiger partial charge in [-0.1, -0.05) is 23.7 Å². The number of ether oxygens (including phenoxy) is 1. The second kappa shape index (κ2) is 8.83. The van der Waals surface area contributed by atoms with Crippen molar-refractivity contribution < 1.29 is 18.3 Å². The summed E-state index contributed by atoms with van der Waals surface area (Å²) >= 11 is 7.21. The van der Waals surface area contributed by atoms with Gasteiger partial charge >= 0.3 is 6.61 Å². The van der Waals surface area contributed by atoms with E-state index < -0.39 is 12.5 Å². The minimum absolute atomic E-state index is 0.0203. The highest BCUT2D eigenvalue weighted by molar-refractivity contribution is 7.22. The Hall–Kier alpha value is -3.30. The van der Waals surface area contributed by atoms with Gasteiger partial charge in [-0.2, -0.15) is 8.78 Å². The summed E-state index contributed by atoms with van der Waals surface area (Å²) in [4.78, 5) is 30.3. The number of amides is 1. The van der Waals surface area contributed by atoms with Crippen LogP contribution in [0, 0.1) is 0 Å². The molecule has 0 radical (unpaired) electrons. The third-order valence-corrected chi connectivity index (χ3v) is 5.72. The maximum absolute atomic E-state index is 12.8. The molecular formula is C21H14ClF2N3O3S. The second-order valence-electron chi connectivity index (χ2n) is 6.46. The van der Waals surface area contributed by atoms with Crippen molar-refractivity contribution in [1.29, 1.82) is 0 Å². The number of carbonyl (C=O) groups excluding carboxylic acids is 1. The zero-order valence-electron chi connectivity index (χ0n) is 15.7. The molecular weight excluding hydrogens is 448 g/mol. The Labute approximate surface area is 183 Å². The first-order chi connectivity index (χ1) is 14.9. The molecule has 10 heteroatoms. The number of nitrogens with zero attached hydrogens (tertiary/aromatic N) is 2. The van der Waals surface area contributed by atoms with Crippen LogP contribution >= 0.6 is 22.9 Å². The van der Waals surface area contributed by atoms with E-state index in [1.807, 2.05) is 18.2 Å². The van der Waals surface area contributed by atoms with Crippen LogP contribution in [-0.2, 0) is 11.3 Å². The van der Waals surface area contributed by atoms with Crippen LogP contribution in [0.2, 0.25) is 5.02 Å². The molecule has 0 saturated heterocycles. The van der Waals surface area contributed by atoms with Crippen LogP contribution in [0.15, 0.2) is 65.7 Å². The number of rotatable bonds is 6. The maximum atomic E-state index is 12.8. The van der Waals surface area contributed by atoms with Gasteiger partial charge in [0.1, 0.15) is 17.0 Å². The minimum atomic E-state index is -2.92. The van der Waals surface area contributed by atoms with Crippen LogP contribution in [0.3, 0.4) is 0 Å². The fourth-order valence-corrected chi connectivity index (χ4v) is 4.08. The topological polar surface area (TPSA) is 73.2 Å². The van der Waals surface area contributed by atoms with Gasteiger partial charge in [0.15, 0.2) is 0 Å². The summed E-state index contributed by atoms with van der Waals surface area (Å²) in [5.74, 6) is -0.478. The summed E-state index contributed by atoms with van der Waals surface area (Å²) in [6, 6.07) is 14.5. The van der Waals surface area contributed by atoms with E-state index in [-0.39, 0.29) is 17.9 Å². The Kier molecular flexibility index (Phi) is 5.97. The Balaban J connectivity index is 1.50. The zero-order chi connectivity index (χ0) is 22.0. The maximum Gasteiger partial charge on any atom is 0.387 e. The van der Waals surface area contributed by atoms with Crippen LogP contribution in [0.1, 0.15) is 0 Å². The van der Waals surface area contributed by atoms with Crippen LogP contribution in [0.25, 0.3) is 20.7 Å². The molecule has 0 aliphatic rings. The number of anilines is 1. The van der Waals surface area contributed by atoms with Crippen molar-refractivity contribution in [3.05, 3.63) is 76.3 Å². The van der Waals surface area contributed by atoms with E-state index in [9.17, 15) is 18.4 Å². The first-order valence-electron chi connectivity index (χ1n) is 8.99. The Morgan fingerprint density at radius 3 is 2.55 bits per heavy atom. The molecule has 0 aliphatic heterocycles. The van der Waals surface area contributed by atoms with Gasteiger partial charge in [0.2, 0.25) is 5.91 Å². The Morgan fingerprint density at radius 1 is 1.16 bits per heavy atom. The van der Waals surface area contributed by atoms with Gasteiger partial charge in [-0.3, -0.25) is 14.2 Å². The Bertz CT molecular complexity index is 1290. The average molecular weight is 462 g/mol. The van der Waals surface area contributed by atoms with Crippen molar-refractivity contribution in [2.24, 2.45) is 0 Å². The molecule has 0 unspecified atom stereocenters. The third-order valence-electron chi connectivity index (χ3n) is 4.31. The number of benzene rings is 2. The van der Waals surface area contributed by atoms with Gasteiger partial charge in [-0.05, 0) is 48.0 Å². The number of carbonyl (C=O) groups is 1. The molecule has 0 spiro atoms. The largest absolute Gasteiger partial charge is 0.435 e. The molecule has 31 heavy (non-hydrogen) atoms. The molecule has 4 aromatic rings. The summed E-state index contributed by atoms with van der Waals surface area (Å²) in [6.07, 6.45) is 1.32. The van der Waals surface area contributed by atoms with Gasteiger partial charge in [0, 0.05) is 15.6 Å². The average Bonchev–Trinajstić information content (AvgIpc) is 3.17. The summed E-state index contributed by atoms with van der Waals surface area (Å²) in [5, 5.41) is 3.22. The van der Waals surface area contributed by atoms with Gasteiger partial charge in [-0.15, -0.1) is 11.3 Å². The highest BCUT2D eigenvalue weighted by atomic mass is 35.5. The van der Waals surface area contributed by atoms with Gasteiger partial charge in [0.25, 0.3) is 5.56 Å². The third kappa shape index (κ3) is 4.89. The van der Waals surface area contributed by atoms with Gasteiger partial charge in [-0.25, -0.2) is 4.98 Å². The van der Waals surface area contributed by atoms with Crippen molar-refractivity contribution in [3.63, 3.8) is 0 Å². The number of halogens is 3. The second-order valence-corrected chi connectivity index (χ2v) is 7.95. The fourth-order valence-electron chi connectivity index (χ4n) is 2.89. The molecule has 4 rings (SSSR count). The summed E-state index contributed by atoms with van der Waals surface area (Å²) in [7, 11) is 0. The van der Waals surface area contributed by atoms with E-state index in [0.29, 0.717) is 20.9 Å². The van der Waals surface area contributed by atoms with E-state index in [4.69, 9.17) is 11.6 Å². The number of hydrogen-bond acceptors (Lipinski definition) is 5.